The van der Waals surface area contributed by atoms with Gasteiger partial charge in [0.1, 0.15) is 5.75 Å². The SMILES string of the molecule is COC(=O)CC1CCN(C(=O)c2ccc(Cl)c(C(=O)c3cc4ccc(OC(F)(F)F)cc4n3C)c2Cl)CC1. The van der Waals surface area contributed by atoms with Crippen LogP contribution in [-0.2, 0) is 16.6 Å². The lowest BCUT2D eigenvalue weighted by molar-refractivity contribution is -0.274. The second-order valence-corrected chi connectivity index (χ2v) is 9.77. The highest BCUT2D eigenvalue weighted by molar-refractivity contribution is 6.42. The number of alkyl halides is 3. The van der Waals surface area contributed by atoms with E-state index in [0.717, 1.165) is 6.07 Å². The summed E-state index contributed by atoms with van der Waals surface area (Å²) in [4.78, 5) is 40.0. The molecule has 2 aromatic carbocycles. The molecular formula is C26H23Cl2F3N2O5. The van der Waals surface area contributed by atoms with Crippen molar-refractivity contribution in [1.29, 1.82) is 0 Å². The van der Waals surface area contributed by atoms with E-state index in [-0.39, 0.29) is 51.1 Å². The Kier molecular flexibility index (Phi) is 7.94. The number of methoxy groups -OCH3 is 1. The van der Waals surface area contributed by atoms with Crippen LogP contribution in [0.4, 0.5) is 13.2 Å². The van der Waals surface area contributed by atoms with Gasteiger partial charge in [0, 0.05) is 38.0 Å². The standard InChI is InChI=1S/C26H23Cl2F3N2O5/c1-32-19-13-16(38-26(29,30)31)4-3-15(19)12-20(32)24(35)22-18(27)6-5-17(23(22)28)25(36)33-9-7-14(8-10-33)11-21(34)37-2/h3-6,12-14H,7-11H2,1-2H3. The zero-order valence-electron chi connectivity index (χ0n) is 20.4. The lowest BCUT2D eigenvalue weighted by atomic mass is 9.93. The molecule has 0 atom stereocenters. The molecule has 7 nitrogen and oxygen atoms in total. The van der Waals surface area contributed by atoms with Gasteiger partial charge in [0.15, 0.2) is 0 Å². The topological polar surface area (TPSA) is 77.8 Å². The second-order valence-electron chi connectivity index (χ2n) is 8.99. The Morgan fingerprint density at radius 3 is 2.37 bits per heavy atom. The van der Waals surface area contributed by atoms with E-state index in [1.807, 2.05) is 0 Å². The molecule has 1 amide bonds. The number of fused-ring (bicyclic) bond motifs is 1. The van der Waals surface area contributed by atoms with Crippen molar-refractivity contribution >= 4 is 51.8 Å². The lowest BCUT2D eigenvalue weighted by Crippen LogP contribution is -2.39. The van der Waals surface area contributed by atoms with Gasteiger partial charge in [-0.15, -0.1) is 13.2 Å². The van der Waals surface area contributed by atoms with E-state index in [0.29, 0.717) is 36.8 Å². The van der Waals surface area contributed by atoms with E-state index < -0.39 is 17.9 Å². The number of aryl methyl sites for hydroxylation is 1. The molecule has 2 heterocycles. The van der Waals surface area contributed by atoms with Crippen LogP contribution < -0.4 is 4.74 Å². The molecule has 1 saturated heterocycles. The summed E-state index contributed by atoms with van der Waals surface area (Å²) in [6.45, 7) is 0.822. The number of amides is 1. The summed E-state index contributed by atoms with van der Waals surface area (Å²) in [5.74, 6) is -1.58. The van der Waals surface area contributed by atoms with E-state index in [1.165, 1.54) is 49.1 Å². The third kappa shape index (κ3) is 5.76. The number of nitrogens with zero attached hydrogens (tertiary/aromatic N) is 2. The first-order valence-electron chi connectivity index (χ1n) is 11.6. The number of hydrogen-bond donors (Lipinski definition) is 0. The van der Waals surface area contributed by atoms with Gasteiger partial charge in [-0.25, -0.2) is 0 Å². The minimum absolute atomic E-state index is 0.0275. The van der Waals surface area contributed by atoms with Crippen molar-refractivity contribution in [2.24, 2.45) is 13.0 Å². The number of rotatable bonds is 6. The molecule has 202 valence electrons. The smallest absolute Gasteiger partial charge is 0.469 e. The Morgan fingerprint density at radius 2 is 1.74 bits per heavy atom. The molecule has 0 saturated carbocycles. The number of hydrogen-bond acceptors (Lipinski definition) is 5. The first-order chi connectivity index (χ1) is 17.9. The Labute approximate surface area is 226 Å². The number of likely N-dealkylation sites (tertiary alicyclic amines) is 1. The number of aromatic nitrogens is 1. The first-order valence-corrected chi connectivity index (χ1v) is 12.4. The van der Waals surface area contributed by atoms with Crippen molar-refractivity contribution in [1.82, 2.24) is 9.47 Å². The summed E-state index contributed by atoms with van der Waals surface area (Å²) >= 11 is 12.9. The van der Waals surface area contributed by atoms with Gasteiger partial charge in [-0.1, -0.05) is 23.2 Å². The molecule has 0 radical (unpaired) electrons. The van der Waals surface area contributed by atoms with Crippen LogP contribution in [0.1, 0.15) is 45.7 Å². The molecule has 0 spiro atoms. The molecule has 0 aliphatic carbocycles. The molecule has 12 heteroatoms. The molecule has 1 aliphatic rings. The molecule has 1 aliphatic heterocycles. The molecule has 1 aromatic heterocycles. The highest BCUT2D eigenvalue weighted by Crippen LogP contribution is 2.34. The second kappa shape index (κ2) is 10.9. The summed E-state index contributed by atoms with van der Waals surface area (Å²) in [5.41, 5.74) is 0.452. The predicted octanol–water partition coefficient (Wildman–Crippen LogP) is 6.03. The molecule has 3 aromatic rings. The van der Waals surface area contributed by atoms with Crippen molar-refractivity contribution in [3.63, 3.8) is 0 Å². The van der Waals surface area contributed by atoms with Crippen LogP contribution in [0, 0.1) is 5.92 Å². The molecule has 0 N–H and O–H groups in total. The maximum atomic E-state index is 13.5. The summed E-state index contributed by atoms with van der Waals surface area (Å²) in [6, 6.07) is 8.09. The van der Waals surface area contributed by atoms with E-state index in [4.69, 9.17) is 27.9 Å². The van der Waals surface area contributed by atoms with Crippen LogP contribution in [0.15, 0.2) is 36.4 Å². The highest BCUT2D eigenvalue weighted by Gasteiger charge is 2.32. The number of ether oxygens (including phenoxy) is 2. The first kappa shape index (κ1) is 27.8. The van der Waals surface area contributed by atoms with Crippen molar-refractivity contribution in [2.45, 2.75) is 25.6 Å². The number of piperidine rings is 1. The Bertz CT molecular complexity index is 1410. The monoisotopic (exact) mass is 570 g/mol. The van der Waals surface area contributed by atoms with Gasteiger partial charge in [-0.3, -0.25) is 14.4 Å². The van der Waals surface area contributed by atoms with Crippen LogP contribution in [0.2, 0.25) is 10.0 Å². The van der Waals surface area contributed by atoms with Crippen LogP contribution >= 0.6 is 23.2 Å². The predicted molar refractivity (Wildman–Crippen MR) is 135 cm³/mol. The van der Waals surface area contributed by atoms with Crippen LogP contribution in [0.5, 0.6) is 5.75 Å². The maximum Gasteiger partial charge on any atom is 0.573 e. The Morgan fingerprint density at radius 1 is 1.05 bits per heavy atom. The van der Waals surface area contributed by atoms with Crippen molar-refractivity contribution in [2.75, 3.05) is 20.2 Å². The normalized spacial score (nSPS) is 14.6. The zero-order valence-corrected chi connectivity index (χ0v) is 21.9. The van der Waals surface area contributed by atoms with Gasteiger partial charge >= 0.3 is 12.3 Å². The van der Waals surface area contributed by atoms with E-state index in [9.17, 15) is 27.6 Å². The molecule has 1 fully saturated rings. The average molecular weight is 571 g/mol. The largest absolute Gasteiger partial charge is 0.573 e. The minimum Gasteiger partial charge on any atom is -0.469 e. The van der Waals surface area contributed by atoms with Gasteiger partial charge in [0.25, 0.3) is 5.91 Å². The minimum atomic E-state index is -4.86. The molecule has 0 unspecified atom stereocenters. The average Bonchev–Trinajstić information content (AvgIpc) is 3.19. The highest BCUT2D eigenvalue weighted by atomic mass is 35.5. The molecular weight excluding hydrogens is 548 g/mol. The third-order valence-electron chi connectivity index (χ3n) is 6.62. The number of halogens is 5. The van der Waals surface area contributed by atoms with Crippen molar-refractivity contribution in [3.8, 4) is 5.75 Å². The van der Waals surface area contributed by atoms with E-state index in [2.05, 4.69) is 4.74 Å². The maximum absolute atomic E-state index is 13.5. The van der Waals surface area contributed by atoms with Crippen molar-refractivity contribution in [3.05, 3.63) is 63.3 Å². The fourth-order valence-corrected chi connectivity index (χ4v) is 5.23. The Hall–Kier alpha value is -3.24. The van der Waals surface area contributed by atoms with E-state index in [1.54, 1.807) is 4.90 Å². The fraction of sp³-hybridized carbons (Fsp3) is 0.346. The van der Waals surface area contributed by atoms with Crippen LogP contribution in [0.3, 0.4) is 0 Å². The Balaban J connectivity index is 1.60. The van der Waals surface area contributed by atoms with Gasteiger partial charge in [-0.05, 0) is 49.1 Å². The van der Waals surface area contributed by atoms with Crippen molar-refractivity contribution < 1.29 is 37.0 Å². The number of esters is 1. The third-order valence-corrected chi connectivity index (χ3v) is 7.32. The fourth-order valence-electron chi connectivity index (χ4n) is 4.61. The lowest BCUT2D eigenvalue weighted by Gasteiger charge is -2.32. The van der Waals surface area contributed by atoms with Crippen LogP contribution in [0.25, 0.3) is 10.9 Å². The summed E-state index contributed by atoms with van der Waals surface area (Å²) in [5, 5.41) is 0.412. The van der Waals surface area contributed by atoms with Gasteiger partial charge in [0.2, 0.25) is 5.78 Å². The summed E-state index contributed by atoms with van der Waals surface area (Å²) in [7, 11) is 2.85. The quantitative estimate of drug-likeness (QED) is 0.267. The molecule has 0 bridgehead atoms. The van der Waals surface area contributed by atoms with E-state index >= 15 is 0 Å². The molecule has 4 rings (SSSR count). The number of benzene rings is 2. The van der Waals surface area contributed by atoms with Gasteiger partial charge in [-0.2, -0.15) is 0 Å². The van der Waals surface area contributed by atoms with Gasteiger partial charge < -0.3 is 18.9 Å². The number of carbonyl (C=O) groups is 3. The summed E-state index contributed by atoms with van der Waals surface area (Å²) in [6.07, 6.45) is -3.34. The number of carbonyl (C=O) groups excluding carboxylic acids is 3. The molecule has 38 heavy (non-hydrogen) atoms. The van der Waals surface area contributed by atoms with Gasteiger partial charge in [0.05, 0.1) is 39.5 Å². The number of ketones is 1. The van der Waals surface area contributed by atoms with Crippen LogP contribution in [-0.4, -0.2) is 53.7 Å². The zero-order chi connectivity index (χ0) is 27.8. The summed E-state index contributed by atoms with van der Waals surface area (Å²) < 4.78 is 48.0.